The SMILES string of the molecule is COC(CNC(=O)c1cc(F)ccc1O)OC. The number of methoxy groups -OCH3 is 2. The summed E-state index contributed by atoms with van der Waals surface area (Å²) >= 11 is 0. The molecule has 17 heavy (non-hydrogen) atoms. The van der Waals surface area contributed by atoms with Gasteiger partial charge in [-0.2, -0.15) is 0 Å². The lowest BCUT2D eigenvalue weighted by Gasteiger charge is -2.14. The number of hydrogen-bond acceptors (Lipinski definition) is 4. The molecule has 0 heterocycles. The van der Waals surface area contributed by atoms with Crippen LogP contribution in [0.15, 0.2) is 18.2 Å². The topological polar surface area (TPSA) is 67.8 Å². The minimum atomic E-state index is -0.596. The number of halogens is 1. The molecule has 0 aromatic heterocycles. The summed E-state index contributed by atoms with van der Waals surface area (Å²) in [6.45, 7) is 0.0990. The van der Waals surface area contributed by atoms with Crippen molar-refractivity contribution in [2.24, 2.45) is 0 Å². The van der Waals surface area contributed by atoms with Crippen molar-refractivity contribution in [3.05, 3.63) is 29.6 Å². The third-order valence-corrected chi connectivity index (χ3v) is 2.16. The maximum Gasteiger partial charge on any atom is 0.255 e. The smallest absolute Gasteiger partial charge is 0.255 e. The number of phenolic OH excluding ortho intramolecular Hbond substituents is 1. The van der Waals surface area contributed by atoms with Crippen LogP contribution >= 0.6 is 0 Å². The Hall–Kier alpha value is -1.66. The van der Waals surface area contributed by atoms with E-state index in [2.05, 4.69) is 5.32 Å². The third-order valence-electron chi connectivity index (χ3n) is 2.16. The van der Waals surface area contributed by atoms with E-state index in [1.807, 2.05) is 0 Å². The van der Waals surface area contributed by atoms with Gasteiger partial charge >= 0.3 is 0 Å². The second-order valence-electron chi connectivity index (χ2n) is 3.27. The Balaban J connectivity index is 2.66. The number of carbonyl (C=O) groups excluding carboxylic acids is 1. The van der Waals surface area contributed by atoms with Crippen LogP contribution in [-0.2, 0) is 9.47 Å². The number of ether oxygens (including phenoxy) is 2. The number of rotatable bonds is 5. The Labute approximate surface area is 98.2 Å². The standard InChI is InChI=1S/C11H14FNO4/c1-16-10(17-2)6-13-11(15)8-5-7(12)3-4-9(8)14/h3-5,10,14H,6H2,1-2H3,(H,13,15). The maximum atomic E-state index is 12.9. The van der Waals surface area contributed by atoms with Crippen molar-refractivity contribution >= 4 is 5.91 Å². The summed E-state index contributed by atoms with van der Waals surface area (Å²) in [6.07, 6.45) is -0.588. The van der Waals surface area contributed by atoms with Crippen LogP contribution in [0.1, 0.15) is 10.4 Å². The van der Waals surface area contributed by atoms with Crippen LogP contribution in [-0.4, -0.2) is 38.1 Å². The molecule has 94 valence electrons. The number of carbonyl (C=O) groups is 1. The molecule has 0 aliphatic heterocycles. The van der Waals surface area contributed by atoms with E-state index in [1.165, 1.54) is 14.2 Å². The fraction of sp³-hybridized carbons (Fsp3) is 0.364. The number of nitrogens with one attached hydrogen (secondary N) is 1. The molecule has 0 aliphatic carbocycles. The molecule has 6 heteroatoms. The monoisotopic (exact) mass is 243 g/mol. The van der Waals surface area contributed by atoms with Gasteiger partial charge in [0.25, 0.3) is 5.91 Å². The second kappa shape index (κ2) is 6.17. The molecule has 0 radical (unpaired) electrons. The lowest BCUT2D eigenvalue weighted by Crippen LogP contribution is -2.34. The van der Waals surface area contributed by atoms with Crippen LogP contribution < -0.4 is 5.32 Å². The van der Waals surface area contributed by atoms with Crippen LogP contribution in [0.2, 0.25) is 0 Å². The van der Waals surface area contributed by atoms with E-state index in [9.17, 15) is 14.3 Å². The zero-order valence-corrected chi connectivity index (χ0v) is 9.57. The van der Waals surface area contributed by atoms with Gasteiger partial charge in [0.05, 0.1) is 12.1 Å². The summed E-state index contributed by atoms with van der Waals surface area (Å²) in [7, 11) is 2.86. The molecule has 1 rings (SSSR count). The van der Waals surface area contributed by atoms with Crippen LogP contribution in [0, 0.1) is 5.82 Å². The predicted molar refractivity (Wildman–Crippen MR) is 58.2 cm³/mol. The van der Waals surface area contributed by atoms with Gasteiger partial charge in [-0.05, 0) is 18.2 Å². The molecular weight excluding hydrogens is 229 g/mol. The molecule has 1 aromatic rings. The number of benzene rings is 1. The van der Waals surface area contributed by atoms with Crippen molar-refractivity contribution in [2.75, 3.05) is 20.8 Å². The highest BCUT2D eigenvalue weighted by Gasteiger charge is 2.14. The molecule has 0 saturated carbocycles. The van der Waals surface area contributed by atoms with Crippen molar-refractivity contribution in [1.29, 1.82) is 0 Å². The van der Waals surface area contributed by atoms with Crippen molar-refractivity contribution in [3.8, 4) is 5.75 Å². The van der Waals surface area contributed by atoms with Gasteiger partial charge in [0, 0.05) is 14.2 Å². The Kier molecular flexibility index (Phi) is 4.86. The van der Waals surface area contributed by atoms with E-state index in [1.54, 1.807) is 0 Å². The third kappa shape index (κ3) is 3.69. The largest absolute Gasteiger partial charge is 0.507 e. The minimum Gasteiger partial charge on any atom is -0.507 e. The Morgan fingerprint density at radius 2 is 2.12 bits per heavy atom. The molecule has 0 atom stereocenters. The van der Waals surface area contributed by atoms with Crippen LogP contribution in [0.25, 0.3) is 0 Å². The van der Waals surface area contributed by atoms with Gasteiger partial charge in [-0.15, -0.1) is 0 Å². The highest BCUT2D eigenvalue weighted by Crippen LogP contribution is 2.17. The number of phenols is 1. The Bertz CT molecular complexity index is 393. The Morgan fingerprint density at radius 3 is 2.71 bits per heavy atom. The first-order chi connectivity index (χ1) is 8.08. The van der Waals surface area contributed by atoms with Gasteiger partial charge in [0.15, 0.2) is 6.29 Å². The van der Waals surface area contributed by atoms with Crippen LogP contribution in [0.5, 0.6) is 5.75 Å². The van der Waals surface area contributed by atoms with Gasteiger partial charge in [-0.25, -0.2) is 4.39 Å². The van der Waals surface area contributed by atoms with E-state index < -0.39 is 18.0 Å². The number of amides is 1. The zero-order valence-electron chi connectivity index (χ0n) is 9.57. The molecule has 0 unspecified atom stereocenters. The van der Waals surface area contributed by atoms with Gasteiger partial charge in [0.1, 0.15) is 11.6 Å². The molecule has 1 aromatic carbocycles. The van der Waals surface area contributed by atoms with Gasteiger partial charge in [-0.3, -0.25) is 4.79 Å². The van der Waals surface area contributed by atoms with Gasteiger partial charge < -0.3 is 19.9 Å². The van der Waals surface area contributed by atoms with Gasteiger partial charge in [-0.1, -0.05) is 0 Å². The molecule has 0 aliphatic rings. The average Bonchev–Trinajstić information content (AvgIpc) is 2.33. The number of aromatic hydroxyl groups is 1. The van der Waals surface area contributed by atoms with E-state index >= 15 is 0 Å². The molecule has 0 saturated heterocycles. The molecule has 1 amide bonds. The van der Waals surface area contributed by atoms with Crippen molar-refractivity contribution in [1.82, 2.24) is 5.32 Å². The van der Waals surface area contributed by atoms with Gasteiger partial charge in [0.2, 0.25) is 0 Å². The summed E-state index contributed by atoms with van der Waals surface area (Å²) in [4.78, 5) is 11.6. The van der Waals surface area contributed by atoms with Crippen LogP contribution in [0.4, 0.5) is 4.39 Å². The molecule has 0 fully saturated rings. The predicted octanol–water partition coefficient (Wildman–Crippen LogP) is 0.880. The lowest BCUT2D eigenvalue weighted by atomic mass is 10.2. The summed E-state index contributed by atoms with van der Waals surface area (Å²) in [5, 5.41) is 11.8. The van der Waals surface area contributed by atoms with E-state index in [-0.39, 0.29) is 17.9 Å². The van der Waals surface area contributed by atoms with E-state index in [0.29, 0.717) is 0 Å². The number of hydrogen-bond donors (Lipinski definition) is 2. The quantitative estimate of drug-likeness (QED) is 0.753. The van der Waals surface area contributed by atoms with E-state index in [0.717, 1.165) is 18.2 Å². The molecule has 2 N–H and O–H groups in total. The highest BCUT2D eigenvalue weighted by molar-refractivity contribution is 5.96. The first-order valence-corrected chi connectivity index (χ1v) is 4.90. The molecular formula is C11H14FNO4. The summed E-state index contributed by atoms with van der Waals surface area (Å²) in [5.74, 6) is -1.47. The summed E-state index contributed by atoms with van der Waals surface area (Å²) < 4.78 is 22.6. The van der Waals surface area contributed by atoms with Crippen molar-refractivity contribution in [3.63, 3.8) is 0 Å². The van der Waals surface area contributed by atoms with E-state index in [4.69, 9.17) is 9.47 Å². The summed E-state index contributed by atoms with van der Waals surface area (Å²) in [5.41, 5.74) is -0.129. The molecule has 0 bridgehead atoms. The van der Waals surface area contributed by atoms with Crippen LogP contribution in [0.3, 0.4) is 0 Å². The fourth-order valence-corrected chi connectivity index (χ4v) is 1.22. The first kappa shape index (κ1) is 13.4. The minimum absolute atomic E-state index is 0.0990. The zero-order chi connectivity index (χ0) is 12.8. The average molecular weight is 243 g/mol. The lowest BCUT2D eigenvalue weighted by molar-refractivity contribution is -0.0974. The first-order valence-electron chi connectivity index (χ1n) is 4.90. The maximum absolute atomic E-state index is 12.9. The second-order valence-corrected chi connectivity index (χ2v) is 3.27. The molecule has 0 spiro atoms. The van der Waals surface area contributed by atoms with Crippen molar-refractivity contribution in [2.45, 2.75) is 6.29 Å². The highest BCUT2D eigenvalue weighted by atomic mass is 19.1. The molecule has 5 nitrogen and oxygen atoms in total. The normalized spacial score (nSPS) is 10.6. The summed E-state index contributed by atoms with van der Waals surface area (Å²) in [6, 6.07) is 3.15. The van der Waals surface area contributed by atoms with Crippen molar-refractivity contribution < 1.29 is 23.8 Å². The Morgan fingerprint density at radius 1 is 1.47 bits per heavy atom. The fourth-order valence-electron chi connectivity index (χ4n) is 1.22.